The number of nitro benzene ring substituents is 1. The van der Waals surface area contributed by atoms with Gasteiger partial charge in [0.1, 0.15) is 5.75 Å². The summed E-state index contributed by atoms with van der Waals surface area (Å²) < 4.78 is 5.40. The fraction of sp³-hybridized carbons (Fsp3) is 0.462. The maximum absolute atomic E-state index is 10.9. The molecule has 0 atom stereocenters. The number of nitrogens with zero attached hydrogens (tertiary/aromatic N) is 1. The largest absolute Gasteiger partial charge is 0.492 e. The van der Waals surface area contributed by atoms with Gasteiger partial charge in [-0.1, -0.05) is 11.6 Å². The van der Waals surface area contributed by atoms with Gasteiger partial charge in [0.05, 0.1) is 22.0 Å². The van der Waals surface area contributed by atoms with E-state index in [1.54, 1.807) is 13.8 Å². The molecule has 0 spiro atoms. The van der Waals surface area contributed by atoms with E-state index in [4.69, 9.17) is 21.4 Å². The van der Waals surface area contributed by atoms with E-state index in [9.17, 15) is 14.9 Å². The van der Waals surface area contributed by atoms with Crippen LogP contribution in [0.1, 0.15) is 26.7 Å². The molecule has 0 fully saturated rings. The number of nitro groups is 1. The van der Waals surface area contributed by atoms with Crippen molar-refractivity contribution in [1.82, 2.24) is 0 Å². The summed E-state index contributed by atoms with van der Waals surface area (Å²) in [5, 5.41) is 19.7. The summed E-state index contributed by atoms with van der Waals surface area (Å²) in [4.78, 5) is 20.9. The number of benzene rings is 1. The number of carbonyl (C=O) groups is 1. The fourth-order valence-electron chi connectivity index (χ4n) is 1.52. The molecule has 20 heavy (non-hydrogen) atoms. The van der Waals surface area contributed by atoms with Crippen LogP contribution in [0.2, 0.25) is 5.02 Å². The van der Waals surface area contributed by atoms with Gasteiger partial charge in [-0.05, 0) is 32.8 Å². The fourth-order valence-corrected chi connectivity index (χ4v) is 1.75. The van der Waals surface area contributed by atoms with Gasteiger partial charge in [-0.2, -0.15) is 0 Å². The van der Waals surface area contributed by atoms with E-state index in [0.29, 0.717) is 25.2 Å². The summed E-state index contributed by atoms with van der Waals surface area (Å²) in [5.41, 5.74) is -0.905. The maximum atomic E-state index is 10.9. The first-order valence-electron chi connectivity index (χ1n) is 6.04. The molecule has 1 N–H and O–H groups in total. The number of hydrogen-bond donors (Lipinski definition) is 1. The Hall–Kier alpha value is -1.82. The molecule has 1 aromatic rings. The van der Waals surface area contributed by atoms with Crippen molar-refractivity contribution in [3.63, 3.8) is 0 Å². The first kappa shape index (κ1) is 16.2. The SMILES string of the molecule is CC(C)(CCCOc1ccc([N+](=O)[O-])cc1Cl)C(=O)O. The minimum Gasteiger partial charge on any atom is -0.492 e. The van der Waals surface area contributed by atoms with Crippen molar-refractivity contribution in [2.24, 2.45) is 5.41 Å². The number of hydrogen-bond acceptors (Lipinski definition) is 4. The number of non-ortho nitro benzene ring substituents is 1. The van der Waals surface area contributed by atoms with Crippen molar-refractivity contribution in [1.29, 1.82) is 0 Å². The first-order valence-corrected chi connectivity index (χ1v) is 6.42. The molecule has 110 valence electrons. The molecule has 0 bridgehead atoms. The van der Waals surface area contributed by atoms with Crippen molar-refractivity contribution in [3.8, 4) is 5.75 Å². The van der Waals surface area contributed by atoms with E-state index >= 15 is 0 Å². The standard InChI is InChI=1S/C13H16ClNO5/c1-13(2,12(16)17)6-3-7-20-11-5-4-9(15(18)19)8-10(11)14/h4-5,8H,3,6-7H2,1-2H3,(H,16,17). The van der Waals surface area contributed by atoms with Gasteiger partial charge in [0.25, 0.3) is 5.69 Å². The zero-order chi connectivity index (χ0) is 15.3. The normalized spacial score (nSPS) is 11.2. The van der Waals surface area contributed by atoms with E-state index in [-0.39, 0.29) is 10.7 Å². The highest BCUT2D eigenvalue weighted by Gasteiger charge is 2.26. The predicted molar refractivity (Wildman–Crippen MR) is 74.3 cm³/mol. The number of halogens is 1. The van der Waals surface area contributed by atoms with Crippen LogP contribution >= 0.6 is 11.6 Å². The average molecular weight is 302 g/mol. The molecule has 0 saturated heterocycles. The van der Waals surface area contributed by atoms with Crippen molar-refractivity contribution in [2.45, 2.75) is 26.7 Å². The molecular formula is C13H16ClNO5. The van der Waals surface area contributed by atoms with Gasteiger partial charge in [0.15, 0.2) is 0 Å². The topological polar surface area (TPSA) is 89.7 Å². The molecule has 0 radical (unpaired) electrons. The molecule has 0 aliphatic rings. The number of carboxylic acid groups (broad SMARTS) is 1. The Morgan fingerprint density at radius 3 is 2.65 bits per heavy atom. The second-order valence-electron chi connectivity index (χ2n) is 5.01. The van der Waals surface area contributed by atoms with Gasteiger partial charge in [0.2, 0.25) is 0 Å². The molecule has 0 aliphatic carbocycles. The van der Waals surface area contributed by atoms with Gasteiger partial charge in [0, 0.05) is 12.1 Å². The van der Waals surface area contributed by atoms with Crippen LogP contribution < -0.4 is 4.74 Å². The Kier molecular flexibility index (Phi) is 5.33. The van der Waals surface area contributed by atoms with E-state index in [1.165, 1.54) is 18.2 Å². The number of ether oxygens (including phenoxy) is 1. The van der Waals surface area contributed by atoms with Gasteiger partial charge in [-0.25, -0.2) is 0 Å². The molecule has 1 aromatic carbocycles. The average Bonchev–Trinajstić information content (AvgIpc) is 2.35. The minimum absolute atomic E-state index is 0.102. The lowest BCUT2D eigenvalue weighted by Crippen LogP contribution is -2.24. The van der Waals surface area contributed by atoms with Crippen molar-refractivity contribution in [2.75, 3.05) is 6.61 Å². The maximum Gasteiger partial charge on any atom is 0.309 e. The summed E-state index contributed by atoms with van der Waals surface area (Å²) >= 11 is 5.87. The summed E-state index contributed by atoms with van der Waals surface area (Å²) in [6.07, 6.45) is 1.01. The van der Waals surface area contributed by atoms with Crippen molar-refractivity contribution >= 4 is 23.3 Å². The zero-order valence-corrected chi connectivity index (χ0v) is 12.0. The quantitative estimate of drug-likeness (QED) is 0.473. The summed E-state index contributed by atoms with van der Waals surface area (Å²) in [5.74, 6) is -0.503. The molecule has 1 rings (SSSR count). The summed E-state index contributed by atoms with van der Waals surface area (Å²) in [6, 6.07) is 3.96. The summed E-state index contributed by atoms with van der Waals surface area (Å²) in [6.45, 7) is 3.59. The summed E-state index contributed by atoms with van der Waals surface area (Å²) in [7, 11) is 0. The van der Waals surface area contributed by atoms with Crippen LogP contribution in [0.5, 0.6) is 5.75 Å². The Balaban J connectivity index is 2.51. The third-order valence-corrected chi connectivity index (χ3v) is 3.20. The molecule has 0 aliphatic heterocycles. The van der Waals surface area contributed by atoms with E-state index in [0.717, 1.165) is 0 Å². The van der Waals surface area contributed by atoms with Crippen LogP contribution in [0.3, 0.4) is 0 Å². The van der Waals surface area contributed by atoms with E-state index in [1.807, 2.05) is 0 Å². The molecule has 0 heterocycles. The second-order valence-corrected chi connectivity index (χ2v) is 5.42. The van der Waals surface area contributed by atoms with Crippen LogP contribution in [-0.4, -0.2) is 22.6 Å². The molecule has 0 amide bonds. The molecule has 6 nitrogen and oxygen atoms in total. The molecular weight excluding hydrogens is 286 g/mol. The van der Waals surface area contributed by atoms with Gasteiger partial charge >= 0.3 is 5.97 Å². The lowest BCUT2D eigenvalue weighted by Gasteiger charge is -2.18. The Bertz CT molecular complexity index is 515. The van der Waals surface area contributed by atoms with Crippen LogP contribution in [0.25, 0.3) is 0 Å². The van der Waals surface area contributed by atoms with Gasteiger partial charge < -0.3 is 9.84 Å². The smallest absolute Gasteiger partial charge is 0.309 e. The minimum atomic E-state index is -0.856. The molecule has 7 heteroatoms. The second kappa shape index (κ2) is 6.56. The highest BCUT2D eigenvalue weighted by atomic mass is 35.5. The van der Waals surface area contributed by atoms with Gasteiger partial charge in [-0.15, -0.1) is 0 Å². The molecule has 0 saturated carbocycles. The molecule has 0 unspecified atom stereocenters. The van der Waals surface area contributed by atoms with E-state index < -0.39 is 16.3 Å². The lowest BCUT2D eigenvalue weighted by atomic mass is 9.88. The van der Waals surface area contributed by atoms with Crippen LogP contribution in [0.4, 0.5) is 5.69 Å². The number of aliphatic carboxylic acids is 1. The highest BCUT2D eigenvalue weighted by Crippen LogP contribution is 2.29. The number of rotatable bonds is 7. The van der Waals surface area contributed by atoms with Crippen molar-refractivity contribution in [3.05, 3.63) is 33.3 Å². The van der Waals surface area contributed by atoms with Crippen LogP contribution in [0.15, 0.2) is 18.2 Å². The number of carboxylic acids is 1. The first-order chi connectivity index (χ1) is 9.24. The Morgan fingerprint density at radius 2 is 2.15 bits per heavy atom. The lowest BCUT2D eigenvalue weighted by molar-refractivity contribution is -0.384. The van der Waals surface area contributed by atoms with Crippen molar-refractivity contribution < 1.29 is 19.6 Å². The zero-order valence-electron chi connectivity index (χ0n) is 11.3. The monoisotopic (exact) mass is 301 g/mol. The van der Waals surface area contributed by atoms with Crippen LogP contribution in [-0.2, 0) is 4.79 Å². The predicted octanol–water partition coefficient (Wildman–Crippen LogP) is 3.52. The third kappa shape index (κ3) is 4.38. The Labute approximate surface area is 121 Å². The van der Waals surface area contributed by atoms with E-state index in [2.05, 4.69) is 0 Å². The highest BCUT2D eigenvalue weighted by molar-refractivity contribution is 6.32. The third-order valence-electron chi connectivity index (χ3n) is 2.91. The van der Waals surface area contributed by atoms with Crippen LogP contribution in [0, 0.1) is 15.5 Å². The Morgan fingerprint density at radius 1 is 1.50 bits per heavy atom. The van der Waals surface area contributed by atoms with Gasteiger partial charge in [-0.3, -0.25) is 14.9 Å². The molecule has 0 aromatic heterocycles.